The number of para-hydroxylation sites is 1. The van der Waals surface area contributed by atoms with E-state index in [-0.39, 0.29) is 17.7 Å². The van der Waals surface area contributed by atoms with Crippen molar-refractivity contribution in [3.8, 4) is 5.75 Å². The highest BCUT2D eigenvalue weighted by Crippen LogP contribution is 2.29. The minimum Gasteiger partial charge on any atom is -0.434 e. The van der Waals surface area contributed by atoms with Gasteiger partial charge in [0.25, 0.3) is 0 Å². The molecular formula is C14H16F2N2O2. The number of hydrogen-bond acceptors (Lipinski definition) is 3. The van der Waals surface area contributed by atoms with E-state index in [4.69, 9.17) is 0 Å². The molecule has 4 nitrogen and oxygen atoms in total. The van der Waals surface area contributed by atoms with Gasteiger partial charge in [0.1, 0.15) is 5.75 Å². The standard InChI is InChI=1S/C14H16F2N2O2/c15-14(16)20-12-4-2-1-3-9(12)6-18-7-10-5-13(19)17-11(10)8-18/h1-4,10-11,14H,5-8H2,(H,17,19)/t10-,11+/m0/s1. The quantitative estimate of drug-likeness (QED) is 0.912. The predicted octanol–water partition coefficient (Wildman–Crippen LogP) is 1.61. The zero-order valence-corrected chi connectivity index (χ0v) is 10.9. The molecule has 0 aliphatic carbocycles. The maximum atomic E-state index is 12.4. The third-order valence-corrected chi connectivity index (χ3v) is 3.89. The van der Waals surface area contributed by atoms with Gasteiger partial charge in [0.2, 0.25) is 5.91 Å². The van der Waals surface area contributed by atoms with E-state index >= 15 is 0 Å². The molecular weight excluding hydrogens is 266 g/mol. The summed E-state index contributed by atoms with van der Waals surface area (Å²) in [5.74, 6) is 0.676. The van der Waals surface area contributed by atoms with Gasteiger partial charge in [-0.25, -0.2) is 0 Å². The second-order valence-electron chi connectivity index (χ2n) is 5.32. The van der Waals surface area contributed by atoms with Crippen LogP contribution in [0.15, 0.2) is 24.3 Å². The molecule has 1 aromatic carbocycles. The summed E-state index contributed by atoms with van der Waals surface area (Å²) in [6.45, 7) is -0.675. The number of likely N-dealkylation sites (tertiary alicyclic amines) is 1. The third kappa shape index (κ3) is 2.75. The molecule has 2 fully saturated rings. The van der Waals surface area contributed by atoms with Crippen molar-refractivity contribution in [2.45, 2.75) is 25.6 Å². The molecule has 0 spiro atoms. The van der Waals surface area contributed by atoms with Gasteiger partial charge in [-0.3, -0.25) is 9.69 Å². The van der Waals surface area contributed by atoms with E-state index in [9.17, 15) is 13.6 Å². The van der Waals surface area contributed by atoms with Crippen LogP contribution in [-0.2, 0) is 11.3 Å². The highest BCUT2D eigenvalue weighted by molar-refractivity contribution is 5.79. The molecule has 108 valence electrons. The second-order valence-corrected chi connectivity index (χ2v) is 5.32. The van der Waals surface area contributed by atoms with Gasteiger partial charge in [-0.15, -0.1) is 0 Å². The summed E-state index contributed by atoms with van der Waals surface area (Å²) < 4.78 is 29.3. The monoisotopic (exact) mass is 282 g/mol. The number of ether oxygens (including phenoxy) is 1. The van der Waals surface area contributed by atoms with Crippen molar-refractivity contribution in [1.82, 2.24) is 10.2 Å². The summed E-state index contributed by atoms with van der Waals surface area (Å²) in [4.78, 5) is 13.4. The number of hydrogen-bond donors (Lipinski definition) is 1. The topological polar surface area (TPSA) is 41.6 Å². The zero-order chi connectivity index (χ0) is 14.1. The SMILES string of the molecule is O=C1C[C@H]2CN(Cc3ccccc3OC(F)F)C[C@H]2N1. The molecule has 2 heterocycles. The maximum Gasteiger partial charge on any atom is 0.387 e. The average molecular weight is 282 g/mol. The number of alkyl halides is 2. The van der Waals surface area contributed by atoms with Crippen molar-refractivity contribution in [2.75, 3.05) is 13.1 Å². The van der Waals surface area contributed by atoms with Crippen LogP contribution in [0.1, 0.15) is 12.0 Å². The van der Waals surface area contributed by atoms with Crippen molar-refractivity contribution >= 4 is 5.91 Å². The Kier molecular flexibility index (Phi) is 3.56. The molecule has 3 rings (SSSR count). The van der Waals surface area contributed by atoms with E-state index in [1.54, 1.807) is 18.2 Å². The summed E-state index contributed by atoms with van der Waals surface area (Å²) in [7, 11) is 0. The van der Waals surface area contributed by atoms with E-state index in [0.717, 1.165) is 18.7 Å². The summed E-state index contributed by atoms with van der Waals surface area (Å²) >= 11 is 0. The molecule has 1 aromatic rings. The van der Waals surface area contributed by atoms with Crippen molar-refractivity contribution in [3.05, 3.63) is 29.8 Å². The molecule has 0 bridgehead atoms. The first-order chi connectivity index (χ1) is 9.61. The van der Waals surface area contributed by atoms with Crippen LogP contribution in [0.5, 0.6) is 5.75 Å². The fraction of sp³-hybridized carbons (Fsp3) is 0.500. The van der Waals surface area contributed by atoms with E-state index in [1.807, 2.05) is 6.07 Å². The van der Waals surface area contributed by atoms with Gasteiger partial charge in [-0.05, 0) is 6.07 Å². The highest BCUT2D eigenvalue weighted by Gasteiger charge is 2.39. The molecule has 2 saturated heterocycles. The average Bonchev–Trinajstić information content (AvgIpc) is 2.87. The molecule has 0 aromatic heterocycles. The van der Waals surface area contributed by atoms with Gasteiger partial charge < -0.3 is 10.1 Å². The van der Waals surface area contributed by atoms with Gasteiger partial charge in [-0.1, -0.05) is 18.2 Å². The lowest BCUT2D eigenvalue weighted by molar-refractivity contribution is -0.119. The molecule has 20 heavy (non-hydrogen) atoms. The Balaban J connectivity index is 1.66. The van der Waals surface area contributed by atoms with Crippen LogP contribution in [0.2, 0.25) is 0 Å². The lowest BCUT2D eigenvalue weighted by Gasteiger charge is -2.19. The van der Waals surface area contributed by atoms with Crippen LogP contribution in [0.25, 0.3) is 0 Å². The second kappa shape index (κ2) is 5.36. The Morgan fingerprint density at radius 2 is 2.15 bits per heavy atom. The van der Waals surface area contributed by atoms with Gasteiger partial charge >= 0.3 is 6.61 Å². The van der Waals surface area contributed by atoms with Crippen LogP contribution in [0.3, 0.4) is 0 Å². The van der Waals surface area contributed by atoms with E-state index in [0.29, 0.717) is 18.9 Å². The fourth-order valence-electron chi connectivity index (χ4n) is 3.05. The predicted molar refractivity (Wildman–Crippen MR) is 68.4 cm³/mol. The minimum absolute atomic E-state index is 0.112. The van der Waals surface area contributed by atoms with E-state index < -0.39 is 6.61 Å². The van der Waals surface area contributed by atoms with Gasteiger partial charge in [0.15, 0.2) is 0 Å². The van der Waals surface area contributed by atoms with Crippen LogP contribution in [0, 0.1) is 5.92 Å². The summed E-state index contributed by atoms with van der Waals surface area (Å²) in [6.07, 6.45) is 0.566. The Morgan fingerprint density at radius 1 is 1.35 bits per heavy atom. The fourth-order valence-corrected chi connectivity index (χ4v) is 3.05. The van der Waals surface area contributed by atoms with Gasteiger partial charge in [0, 0.05) is 43.6 Å². The van der Waals surface area contributed by atoms with Crippen LogP contribution in [0.4, 0.5) is 8.78 Å². The molecule has 2 atom stereocenters. The number of rotatable bonds is 4. The van der Waals surface area contributed by atoms with E-state index in [1.165, 1.54) is 0 Å². The lowest BCUT2D eigenvalue weighted by atomic mass is 10.1. The largest absolute Gasteiger partial charge is 0.434 e. The number of carbonyl (C=O) groups excluding carboxylic acids is 1. The molecule has 2 aliphatic heterocycles. The molecule has 1 amide bonds. The van der Waals surface area contributed by atoms with Crippen molar-refractivity contribution in [2.24, 2.45) is 5.92 Å². The molecule has 0 saturated carbocycles. The maximum absolute atomic E-state index is 12.4. The number of nitrogens with zero attached hydrogens (tertiary/aromatic N) is 1. The van der Waals surface area contributed by atoms with Crippen LogP contribution >= 0.6 is 0 Å². The summed E-state index contributed by atoms with van der Waals surface area (Å²) in [5, 5.41) is 2.95. The first-order valence-electron chi connectivity index (χ1n) is 6.66. The number of benzene rings is 1. The highest BCUT2D eigenvalue weighted by atomic mass is 19.3. The van der Waals surface area contributed by atoms with Crippen LogP contribution < -0.4 is 10.1 Å². The number of amides is 1. The van der Waals surface area contributed by atoms with Crippen LogP contribution in [-0.4, -0.2) is 36.5 Å². The first-order valence-corrected chi connectivity index (χ1v) is 6.66. The molecule has 0 radical (unpaired) electrons. The van der Waals surface area contributed by atoms with E-state index in [2.05, 4.69) is 15.0 Å². The van der Waals surface area contributed by atoms with Gasteiger partial charge in [0.05, 0.1) is 0 Å². The Hall–Kier alpha value is -1.69. The normalized spacial score (nSPS) is 25.9. The minimum atomic E-state index is -2.81. The zero-order valence-electron chi connectivity index (χ0n) is 10.9. The third-order valence-electron chi connectivity index (χ3n) is 3.89. The lowest BCUT2D eigenvalue weighted by Crippen LogP contribution is -2.32. The molecule has 6 heteroatoms. The summed E-state index contributed by atoms with van der Waals surface area (Å²) in [6, 6.07) is 7.04. The Labute approximate surface area is 115 Å². The number of nitrogens with one attached hydrogen (secondary N) is 1. The Bertz CT molecular complexity index is 494. The number of carbonyl (C=O) groups is 1. The smallest absolute Gasteiger partial charge is 0.387 e. The molecule has 2 aliphatic rings. The Morgan fingerprint density at radius 3 is 2.90 bits per heavy atom. The summed E-state index contributed by atoms with van der Waals surface area (Å²) in [5.41, 5.74) is 0.749. The van der Waals surface area contributed by atoms with Crippen molar-refractivity contribution in [3.63, 3.8) is 0 Å². The number of fused-ring (bicyclic) bond motifs is 1. The molecule has 1 N–H and O–H groups in total. The first kappa shape index (κ1) is 13.3. The van der Waals surface area contributed by atoms with Gasteiger partial charge in [-0.2, -0.15) is 8.78 Å². The molecule has 0 unspecified atom stereocenters. The number of halogens is 2. The van der Waals surface area contributed by atoms with Crippen molar-refractivity contribution < 1.29 is 18.3 Å². The van der Waals surface area contributed by atoms with Crippen molar-refractivity contribution in [1.29, 1.82) is 0 Å².